The van der Waals surface area contributed by atoms with Gasteiger partial charge in [-0.3, -0.25) is 4.70 Å². The Balaban J connectivity index is 0. The van der Waals surface area contributed by atoms with Gasteiger partial charge in [0.1, 0.15) is 0 Å². The quantitative estimate of drug-likeness (QED) is 0.208. The van der Waals surface area contributed by atoms with Crippen molar-refractivity contribution < 1.29 is 9.96 Å². The summed E-state index contributed by atoms with van der Waals surface area (Å²) in [4.78, 5) is 7.88. The monoisotopic (exact) mass is 68.0 g/mol. The molecule has 3 nitrogen and oxygen atoms in total. The molecule has 0 aliphatic carbocycles. The lowest BCUT2D eigenvalue weighted by Crippen LogP contribution is -1.82. The summed E-state index contributed by atoms with van der Waals surface area (Å²) >= 11 is 0. The Bertz CT molecular complexity index is 10.8. The van der Waals surface area contributed by atoms with Gasteiger partial charge in [-0.2, -0.15) is 0 Å². The van der Waals surface area contributed by atoms with Crippen LogP contribution in [0.25, 0.3) is 0 Å². The van der Waals surface area contributed by atoms with E-state index in [0.717, 1.165) is 0 Å². The summed E-state index contributed by atoms with van der Waals surface area (Å²) in [5, 5.41) is 7.88. The second kappa shape index (κ2) is 37.8. The second-order valence-corrected chi connectivity index (χ2v) is 0.0680. The van der Waals surface area contributed by atoms with Gasteiger partial charge in [-0.25, -0.2) is 0 Å². The lowest BCUT2D eigenvalue weighted by atomic mass is 14.8. The molecule has 0 rings (SSSR count). The normalized spacial score (nSPS) is 3.00. The zero-order valence-electron chi connectivity index (χ0n) is 1.63. The third kappa shape index (κ3) is 0.323. The maximum Gasteiger partial charge on any atom is 0.154 e. The highest BCUT2D eigenvalue weighted by Crippen LogP contribution is 1.00. The molecule has 0 aliphatic rings. The fraction of sp³-hybridized carbons (Fsp3) is 0. The Hall–Kier alpha value is -0.670. The Morgan fingerprint density at radius 2 is 1.75 bits per heavy atom. The molecular formula is HFO3. The molecule has 0 atom stereocenters. The van der Waals surface area contributed by atoms with Crippen molar-refractivity contribution in [1.29, 1.82) is 0 Å². The van der Waals surface area contributed by atoms with Crippen LogP contribution in [0.4, 0.5) is 4.70 Å². The molecule has 0 radical (unpaired) electrons. The van der Waals surface area contributed by atoms with E-state index in [-0.39, 0.29) is 4.70 Å². The van der Waals surface area contributed by atoms with Crippen LogP contribution in [-0.4, -0.2) is 0 Å². The summed E-state index contributed by atoms with van der Waals surface area (Å²) in [5.74, 6) is 0. The van der Waals surface area contributed by atoms with Crippen LogP contribution in [0, 0.1) is 9.71 Å². The van der Waals surface area contributed by atoms with Crippen LogP contribution in [0.2, 0.25) is 0 Å². The Kier molecular flexibility index (Phi) is 96.7. The highest BCUT2D eigenvalue weighted by atomic mass is 19.0. The first-order chi connectivity index (χ1) is 1.41. The molecule has 0 N–H and O–H groups in total. The Morgan fingerprint density at radius 3 is 1.75 bits per heavy atom. The van der Waals surface area contributed by atoms with Gasteiger partial charge in [-0.1, -0.05) is 10.2 Å². The minimum Gasteiger partial charge on any atom is -0.269 e. The number of rotatable bonds is 0. The molecule has 0 heterocycles. The van der Waals surface area contributed by atoms with E-state index >= 15 is 0 Å². The van der Waals surface area contributed by atoms with E-state index in [9.17, 15) is 0 Å². The first-order valence-corrected chi connectivity index (χ1v) is 0.333. The first-order valence-electron chi connectivity index (χ1n) is 0.333. The molecule has 26 valence electrons. The summed E-state index contributed by atoms with van der Waals surface area (Å²) in [6.45, 7) is 0. The van der Waals surface area contributed by atoms with Gasteiger partial charge in [-0.15, -0.1) is 0 Å². The SMILES string of the molecule is F.O=[O+][O-]. The molecule has 0 aromatic carbocycles. The summed E-state index contributed by atoms with van der Waals surface area (Å²) in [5.41, 5.74) is 0. The fourth-order valence-electron chi connectivity index (χ4n) is 0. The molecule has 0 aromatic rings. The van der Waals surface area contributed by atoms with Gasteiger partial charge in [0.2, 0.25) is 0 Å². The minimum absolute atomic E-state index is 0. The highest BCUT2D eigenvalue weighted by Gasteiger charge is 1.27. The van der Waals surface area contributed by atoms with Gasteiger partial charge >= 0.3 is 0 Å². The van der Waals surface area contributed by atoms with E-state index in [4.69, 9.17) is 10.2 Å². The van der Waals surface area contributed by atoms with Gasteiger partial charge in [0.15, 0.2) is 4.75 Å². The molecule has 0 saturated heterocycles. The van der Waals surface area contributed by atoms with E-state index in [1.165, 1.54) is 0 Å². The topological polar surface area (TPSA) is 51.4 Å². The average Bonchev–Trinajstić information content (AvgIpc) is 0.918. The van der Waals surface area contributed by atoms with Crippen LogP contribution < -0.4 is 5.26 Å². The third-order valence-electron chi connectivity index (χ3n) is 0. The molecule has 0 aliphatic heterocycles. The lowest BCUT2D eigenvalue weighted by Gasteiger charge is -1.19. The maximum absolute atomic E-state index is 7.88. The summed E-state index contributed by atoms with van der Waals surface area (Å²) in [7, 11) is 0. The van der Waals surface area contributed by atoms with Crippen molar-refractivity contribution >= 4 is 0 Å². The van der Waals surface area contributed by atoms with E-state index in [1.807, 2.05) is 0 Å². The van der Waals surface area contributed by atoms with E-state index < -0.39 is 0 Å². The molecule has 0 fully saturated rings. The molecule has 0 unspecified atom stereocenters. The Morgan fingerprint density at radius 1 is 1.75 bits per heavy atom. The molecule has 0 aromatic heterocycles. The first kappa shape index (κ1) is 10.2. The van der Waals surface area contributed by atoms with Crippen molar-refractivity contribution in [2.24, 2.45) is 0 Å². The predicted molar refractivity (Wildman–Crippen MR) is 9.24 cm³/mol. The van der Waals surface area contributed by atoms with E-state index in [1.54, 1.807) is 4.75 Å². The van der Waals surface area contributed by atoms with Crippen molar-refractivity contribution in [3.8, 4) is 0 Å². The molecule has 0 amide bonds. The van der Waals surface area contributed by atoms with Crippen LogP contribution >= 0.6 is 0 Å². The van der Waals surface area contributed by atoms with Crippen molar-refractivity contribution in [3.05, 3.63) is 9.71 Å². The zero-order valence-corrected chi connectivity index (χ0v) is 1.63. The summed E-state index contributed by atoms with van der Waals surface area (Å²) in [6.07, 6.45) is 0. The molecule has 0 bridgehead atoms. The second-order valence-electron chi connectivity index (χ2n) is 0.0680. The minimum atomic E-state index is 0. The van der Waals surface area contributed by atoms with Gasteiger partial charge in [0.25, 0.3) is 0 Å². The number of halogens is 1. The van der Waals surface area contributed by atoms with Crippen molar-refractivity contribution in [2.75, 3.05) is 0 Å². The Labute approximate surface area is 21.1 Å². The van der Waals surface area contributed by atoms with Gasteiger partial charge in [0.05, 0.1) is 0 Å². The van der Waals surface area contributed by atoms with E-state index in [2.05, 4.69) is 0 Å². The summed E-state index contributed by atoms with van der Waals surface area (Å²) in [6, 6.07) is 0. The largest absolute Gasteiger partial charge is 0.269 e. The molecule has 4 heteroatoms. The lowest BCUT2D eigenvalue weighted by molar-refractivity contribution is -0.284. The van der Waals surface area contributed by atoms with Gasteiger partial charge in [0, 0.05) is 0 Å². The molecule has 0 saturated carbocycles. The van der Waals surface area contributed by atoms with Crippen molar-refractivity contribution in [3.63, 3.8) is 0 Å². The fourth-order valence-corrected chi connectivity index (χ4v) is 0. The van der Waals surface area contributed by atoms with Crippen LogP contribution in [0.3, 0.4) is 0 Å². The highest BCUT2D eigenvalue weighted by molar-refractivity contribution is 4.20. The average molecular weight is 68.0 g/mol. The molecule has 0 spiro atoms. The van der Waals surface area contributed by atoms with Crippen LogP contribution in [-0.2, 0) is 0 Å². The van der Waals surface area contributed by atoms with E-state index in [0.29, 0.717) is 0 Å². The summed E-state index contributed by atoms with van der Waals surface area (Å²) < 4.78 is 1.75. The zero-order chi connectivity index (χ0) is 2.71. The third-order valence-corrected chi connectivity index (χ3v) is 0. The number of hydrogen-bond donors (Lipinski definition) is 0. The van der Waals surface area contributed by atoms with Gasteiger partial charge in [-0.05, 0) is 0 Å². The number of hydrogen-bond acceptors (Lipinski definition) is 2. The van der Waals surface area contributed by atoms with Crippen LogP contribution in [0.1, 0.15) is 0 Å². The van der Waals surface area contributed by atoms with Crippen molar-refractivity contribution in [1.82, 2.24) is 0 Å². The van der Waals surface area contributed by atoms with Crippen LogP contribution in [0.15, 0.2) is 0 Å². The molecule has 4 heavy (non-hydrogen) atoms. The van der Waals surface area contributed by atoms with Crippen molar-refractivity contribution in [2.45, 2.75) is 0 Å². The maximum atomic E-state index is 7.88. The smallest absolute Gasteiger partial charge is 0.154 e. The van der Waals surface area contributed by atoms with Crippen LogP contribution in [0.5, 0.6) is 0 Å². The molecular weight excluding hydrogens is 67.0 g/mol. The standard InChI is InChI=1S/FH.O3/c;1-3-2/h1H;. The van der Waals surface area contributed by atoms with Gasteiger partial charge < -0.3 is 0 Å². The predicted octanol–water partition coefficient (Wildman–Crippen LogP) is -0.970.